The van der Waals surface area contributed by atoms with Gasteiger partial charge in [-0.05, 0) is 56.2 Å². The van der Waals surface area contributed by atoms with E-state index in [-0.39, 0.29) is 23.8 Å². The Morgan fingerprint density at radius 2 is 2.00 bits per heavy atom. The Morgan fingerprint density at radius 1 is 1.23 bits per heavy atom. The summed E-state index contributed by atoms with van der Waals surface area (Å²) in [5.74, 6) is 0.00276. The largest absolute Gasteiger partial charge is 0.488 e. The number of carbonyl (C=O) groups is 1. The summed E-state index contributed by atoms with van der Waals surface area (Å²) >= 11 is 0. The minimum absolute atomic E-state index is 0.0489. The van der Waals surface area contributed by atoms with Gasteiger partial charge in [0.2, 0.25) is 5.91 Å². The third-order valence-electron chi connectivity index (χ3n) is 3.39. The van der Waals surface area contributed by atoms with Crippen LogP contribution in [0.5, 0.6) is 5.75 Å². The summed E-state index contributed by atoms with van der Waals surface area (Å²) in [6, 6.07) is 9.00. The number of amides is 1. The standard InChI is InChI=1S/C17H20N2O3/c1-4-22-15-6-5-9-19(17(15)21)11-16(20)18-14-8-7-12(2)13(3)10-14/h5-10H,4,11H2,1-3H3,(H,18,20). The monoisotopic (exact) mass is 300 g/mol. The average molecular weight is 300 g/mol. The fraction of sp³-hybridized carbons (Fsp3) is 0.294. The lowest BCUT2D eigenvalue weighted by Gasteiger charge is -2.10. The molecule has 0 fully saturated rings. The SMILES string of the molecule is CCOc1cccn(CC(=O)Nc2ccc(C)c(C)c2)c1=O. The fourth-order valence-corrected chi connectivity index (χ4v) is 2.08. The highest BCUT2D eigenvalue weighted by Crippen LogP contribution is 2.14. The van der Waals surface area contributed by atoms with Crippen molar-refractivity contribution in [3.63, 3.8) is 0 Å². The minimum Gasteiger partial charge on any atom is -0.488 e. The van der Waals surface area contributed by atoms with Crippen LogP contribution in [0.15, 0.2) is 41.3 Å². The lowest BCUT2D eigenvalue weighted by Crippen LogP contribution is -2.28. The lowest BCUT2D eigenvalue weighted by molar-refractivity contribution is -0.116. The predicted molar refractivity (Wildman–Crippen MR) is 86.4 cm³/mol. The van der Waals surface area contributed by atoms with Crippen LogP contribution in [0, 0.1) is 13.8 Å². The molecular formula is C17H20N2O3. The molecule has 1 N–H and O–H groups in total. The quantitative estimate of drug-likeness (QED) is 0.923. The van der Waals surface area contributed by atoms with E-state index in [1.807, 2.05) is 39.0 Å². The first-order chi connectivity index (χ1) is 10.5. The fourth-order valence-electron chi connectivity index (χ4n) is 2.08. The molecule has 1 amide bonds. The van der Waals surface area contributed by atoms with Gasteiger partial charge >= 0.3 is 0 Å². The topological polar surface area (TPSA) is 60.3 Å². The van der Waals surface area contributed by atoms with E-state index >= 15 is 0 Å². The van der Waals surface area contributed by atoms with Crippen LogP contribution in [0.25, 0.3) is 0 Å². The second-order valence-electron chi connectivity index (χ2n) is 5.09. The number of hydrogen-bond acceptors (Lipinski definition) is 3. The van der Waals surface area contributed by atoms with Crippen molar-refractivity contribution in [2.45, 2.75) is 27.3 Å². The second-order valence-corrected chi connectivity index (χ2v) is 5.09. The molecule has 5 nitrogen and oxygen atoms in total. The van der Waals surface area contributed by atoms with Crippen LogP contribution in [0.2, 0.25) is 0 Å². The van der Waals surface area contributed by atoms with Gasteiger partial charge in [-0.3, -0.25) is 9.59 Å². The molecule has 0 aliphatic rings. The zero-order valence-corrected chi connectivity index (χ0v) is 13.1. The number of anilines is 1. The van der Waals surface area contributed by atoms with E-state index in [0.717, 1.165) is 11.3 Å². The molecular weight excluding hydrogens is 280 g/mol. The first kappa shape index (κ1) is 15.8. The lowest BCUT2D eigenvalue weighted by atomic mass is 10.1. The number of aryl methyl sites for hydroxylation is 2. The van der Waals surface area contributed by atoms with Crippen LogP contribution in [-0.2, 0) is 11.3 Å². The Labute approximate surface area is 129 Å². The molecule has 1 aromatic heterocycles. The van der Waals surface area contributed by atoms with Crippen LogP contribution in [0.4, 0.5) is 5.69 Å². The highest BCUT2D eigenvalue weighted by atomic mass is 16.5. The Balaban J connectivity index is 2.10. The molecule has 5 heteroatoms. The summed E-state index contributed by atoms with van der Waals surface area (Å²) in [5, 5.41) is 2.80. The van der Waals surface area contributed by atoms with Crippen molar-refractivity contribution in [1.82, 2.24) is 4.57 Å². The van der Waals surface area contributed by atoms with Crippen LogP contribution < -0.4 is 15.6 Å². The van der Waals surface area contributed by atoms with E-state index in [1.165, 1.54) is 10.1 Å². The van der Waals surface area contributed by atoms with Gasteiger partial charge in [0.25, 0.3) is 5.56 Å². The third-order valence-corrected chi connectivity index (χ3v) is 3.39. The molecule has 1 heterocycles. The number of benzene rings is 1. The summed E-state index contributed by atoms with van der Waals surface area (Å²) in [7, 11) is 0. The van der Waals surface area contributed by atoms with Crippen molar-refractivity contribution in [2.75, 3.05) is 11.9 Å². The van der Waals surface area contributed by atoms with Crippen LogP contribution in [0.1, 0.15) is 18.1 Å². The van der Waals surface area contributed by atoms with Crippen molar-refractivity contribution in [2.24, 2.45) is 0 Å². The Morgan fingerprint density at radius 3 is 2.68 bits per heavy atom. The number of carbonyl (C=O) groups excluding carboxylic acids is 1. The van der Waals surface area contributed by atoms with Crippen molar-refractivity contribution in [1.29, 1.82) is 0 Å². The molecule has 0 spiro atoms. The van der Waals surface area contributed by atoms with Gasteiger partial charge in [-0.15, -0.1) is 0 Å². The molecule has 116 valence electrons. The molecule has 0 bridgehead atoms. The van der Waals surface area contributed by atoms with Gasteiger partial charge in [0.05, 0.1) is 6.61 Å². The number of nitrogens with zero attached hydrogens (tertiary/aromatic N) is 1. The third kappa shape index (κ3) is 3.75. The molecule has 2 rings (SSSR count). The summed E-state index contributed by atoms with van der Waals surface area (Å²) in [4.78, 5) is 24.2. The molecule has 0 saturated carbocycles. The zero-order valence-electron chi connectivity index (χ0n) is 13.1. The number of pyridine rings is 1. The molecule has 0 saturated heterocycles. The first-order valence-electron chi connectivity index (χ1n) is 7.20. The Bertz CT molecular complexity index is 735. The first-order valence-corrected chi connectivity index (χ1v) is 7.20. The van der Waals surface area contributed by atoms with Gasteiger partial charge in [-0.25, -0.2) is 0 Å². The number of hydrogen-bond donors (Lipinski definition) is 1. The second kappa shape index (κ2) is 6.93. The van der Waals surface area contributed by atoms with Gasteiger partial charge in [0, 0.05) is 11.9 Å². The molecule has 1 aromatic carbocycles. The summed E-state index contributed by atoms with van der Waals surface area (Å²) in [5.41, 5.74) is 2.69. The molecule has 0 atom stereocenters. The van der Waals surface area contributed by atoms with Crippen LogP contribution in [0.3, 0.4) is 0 Å². The Kier molecular flexibility index (Phi) is 4.99. The molecule has 22 heavy (non-hydrogen) atoms. The predicted octanol–water partition coefficient (Wildman–Crippen LogP) is 2.50. The highest BCUT2D eigenvalue weighted by Gasteiger charge is 2.08. The maximum Gasteiger partial charge on any atom is 0.293 e. The average Bonchev–Trinajstić information content (AvgIpc) is 2.47. The highest BCUT2D eigenvalue weighted by molar-refractivity contribution is 5.90. The van der Waals surface area contributed by atoms with E-state index < -0.39 is 0 Å². The molecule has 0 radical (unpaired) electrons. The normalized spacial score (nSPS) is 10.3. The van der Waals surface area contributed by atoms with Crippen LogP contribution >= 0.6 is 0 Å². The zero-order chi connectivity index (χ0) is 16.1. The minimum atomic E-state index is -0.306. The smallest absolute Gasteiger partial charge is 0.293 e. The number of rotatable bonds is 5. The van der Waals surface area contributed by atoms with Gasteiger partial charge in [0.15, 0.2) is 5.75 Å². The maximum atomic E-state index is 12.1. The molecule has 0 aliphatic carbocycles. The van der Waals surface area contributed by atoms with Crippen molar-refractivity contribution < 1.29 is 9.53 Å². The van der Waals surface area contributed by atoms with Gasteiger partial charge in [-0.1, -0.05) is 6.07 Å². The number of nitrogens with one attached hydrogen (secondary N) is 1. The Hall–Kier alpha value is -2.56. The summed E-state index contributed by atoms with van der Waals surface area (Å²) in [6.45, 7) is 6.17. The molecule has 0 aliphatic heterocycles. The van der Waals surface area contributed by atoms with Crippen molar-refractivity contribution in [3.8, 4) is 5.75 Å². The van der Waals surface area contributed by atoms with E-state index in [9.17, 15) is 9.59 Å². The number of aromatic nitrogens is 1. The van der Waals surface area contributed by atoms with E-state index in [4.69, 9.17) is 4.74 Å². The van der Waals surface area contributed by atoms with E-state index in [2.05, 4.69) is 5.32 Å². The van der Waals surface area contributed by atoms with Gasteiger partial charge in [-0.2, -0.15) is 0 Å². The summed E-state index contributed by atoms with van der Waals surface area (Å²) < 4.78 is 6.58. The van der Waals surface area contributed by atoms with E-state index in [1.54, 1.807) is 18.3 Å². The van der Waals surface area contributed by atoms with Crippen molar-refractivity contribution >= 4 is 11.6 Å². The van der Waals surface area contributed by atoms with Gasteiger partial charge < -0.3 is 14.6 Å². The molecule has 0 unspecified atom stereocenters. The molecule has 2 aromatic rings. The van der Waals surface area contributed by atoms with Crippen LogP contribution in [-0.4, -0.2) is 17.1 Å². The summed E-state index contributed by atoms with van der Waals surface area (Å²) in [6.07, 6.45) is 1.57. The van der Waals surface area contributed by atoms with Crippen molar-refractivity contribution in [3.05, 3.63) is 58.0 Å². The van der Waals surface area contributed by atoms with Gasteiger partial charge in [0.1, 0.15) is 6.54 Å². The maximum absolute atomic E-state index is 12.1. The number of ether oxygens (including phenoxy) is 1. The van der Waals surface area contributed by atoms with E-state index in [0.29, 0.717) is 6.61 Å².